The molecule has 2 aromatic carbocycles. The third kappa shape index (κ3) is 9.05. The van der Waals surface area contributed by atoms with Crippen LogP contribution in [0, 0.1) is 5.82 Å². The van der Waals surface area contributed by atoms with Gasteiger partial charge in [-0.1, -0.05) is 23.7 Å². The van der Waals surface area contributed by atoms with Crippen LogP contribution in [0.3, 0.4) is 0 Å². The van der Waals surface area contributed by atoms with E-state index < -0.39 is 0 Å². The predicted octanol–water partition coefficient (Wildman–Crippen LogP) is 4.18. The van der Waals surface area contributed by atoms with E-state index in [0.717, 1.165) is 11.3 Å². The number of amides is 1. The van der Waals surface area contributed by atoms with Crippen molar-refractivity contribution in [3.8, 4) is 0 Å². The zero-order chi connectivity index (χ0) is 18.8. The summed E-state index contributed by atoms with van der Waals surface area (Å²) in [6.45, 7) is 1.15. The van der Waals surface area contributed by atoms with Gasteiger partial charge in [0, 0.05) is 37.3 Å². The van der Waals surface area contributed by atoms with Crippen molar-refractivity contribution in [1.29, 1.82) is 0 Å². The summed E-state index contributed by atoms with van der Waals surface area (Å²) in [5.41, 5.74) is 1.68. The Hall–Kier alpha value is -1.87. The second kappa shape index (κ2) is 12.5. The summed E-state index contributed by atoms with van der Waals surface area (Å²) in [6, 6.07) is 13.3. The lowest BCUT2D eigenvalue weighted by Crippen LogP contribution is -2.37. The molecule has 0 aliphatic rings. The van der Waals surface area contributed by atoms with Gasteiger partial charge in [0.1, 0.15) is 5.82 Å². The van der Waals surface area contributed by atoms with E-state index in [2.05, 4.69) is 20.9 Å². The first-order valence-electron chi connectivity index (χ1n) is 8.31. The normalized spacial score (nSPS) is 10.7. The van der Waals surface area contributed by atoms with Gasteiger partial charge >= 0.3 is 0 Å². The summed E-state index contributed by atoms with van der Waals surface area (Å²) in [6.07, 6.45) is 1.06. The van der Waals surface area contributed by atoms with Crippen LogP contribution in [-0.4, -0.2) is 25.5 Å². The molecule has 0 saturated heterocycles. The number of guanidine groups is 1. The molecule has 0 radical (unpaired) electrons. The highest BCUT2D eigenvalue weighted by atomic mass is 127. The number of aliphatic imine (C=N–C) groups is 1. The quantitative estimate of drug-likeness (QED) is 0.229. The minimum absolute atomic E-state index is 0. The van der Waals surface area contributed by atoms with Crippen molar-refractivity contribution in [3.63, 3.8) is 0 Å². The standard InChI is InChI=1S/C19H22ClFN4O.HI/c1-22-19(24-13-14-4-8-16(21)9-5-14)23-12-2-3-18(26)25-17-10-6-15(20)7-11-17;/h4-11H,2-3,12-13H2,1H3,(H,25,26)(H2,22,23,24);1H. The molecule has 27 heavy (non-hydrogen) atoms. The number of benzene rings is 2. The van der Waals surface area contributed by atoms with Crippen molar-refractivity contribution >= 4 is 53.1 Å². The van der Waals surface area contributed by atoms with Gasteiger partial charge in [-0.05, 0) is 48.4 Å². The Morgan fingerprint density at radius 3 is 2.37 bits per heavy atom. The first kappa shape index (κ1) is 23.2. The molecule has 146 valence electrons. The number of nitrogens with one attached hydrogen (secondary N) is 3. The molecule has 8 heteroatoms. The van der Waals surface area contributed by atoms with Crippen LogP contribution in [0.15, 0.2) is 53.5 Å². The topological polar surface area (TPSA) is 65.5 Å². The minimum atomic E-state index is -0.256. The zero-order valence-electron chi connectivity index (χ0n) is 15.0. The first-order chi connectivity index (χ1) is 12.6. The van der Waals surface area contributed by atoms with E-state index in [1.807, 2.05) is 0 Å². The largest absolute Gasteiger partial charge is 0.356 e. The van der Waals surface area contributed by atoms with Crippen LogP contribution in [0.5, 0.6) is 0 Å². The van der Waals surface area contributed by atoms with Gasteiger partial charge in [-0.2, -0.15) is 0 Å². The molecule has 3 N–H and O–H groups in total. The lowest BCUT2D eigenvalue weighted by molar-refractivity contribution is -0.116. The Balaban J connectivity index is 0.00000364. The number of carbonyl (C=O) groups excluding carboxylic acids is 1. The lowest BCUT2D eigenvalue weighted by atomic mass is 10.2. The van der Waals surface area contributed by atoms with Gasteiger partial charge in [-0.3, -0.25) is 9.79 Å². The van der Waals surface area contributed by atoms with Crippen molar-refractivity contribution in [3.05, 3.63) is 64.9 Å². The molecule has 0 unspecified atom stereocenters. The number of anilines is 1. The van der Waals surface area contributed by atoms with Crippen LogP contribution in [0.25, 0.3) is 0 Å². The van der Waals surface area contributed by atoms with Crippen LogP contribution in [0.4, 0.5) is 10.1 Å². The minimum Gasteiger partial charge on any atom is -0.356 e. The Morgan fingerprint density at radius 1 is 1.07 bits per heavy atom. The van der Waals surface area contributed by atoms with Crippen LogP contribution < -0.4 is 16.0 Å². The fourth-order valence-corrected chi connectivity index (χ4v) is 2.35. The molecule has 2 aromatic rings. The van der Waals surface area contributed by atoms with Crippen molar-refractivity contribution in [2.75, 3.05) is 18.9 Å². The molecule has 0 spiro atoms. The van der Waals surface area contributed by atoms with Crippen molar-refractivity contribution < 1.29 is 9.18 Å². The van der Waals surface area contributed by atoms with Crippen molar-refractivity contribution in [2.45, 2.75) is 19.4 Å². The monoisotopic (exact) mass is 504 g/mol. The predicted molar refractivity (Wildman–Crippen MR) is 119 cm³/mol. The van der Waals surface area contributed by atoms with Crippen molar-refractivity contribution in [2.24, 2.45) is 4.99 Å². The fourth-order valence-electron chi connectivity index (χ4n) is 2.22. The van der Waals surface area contributed by atoms with E-state index in [-0.39, 0.29) is 35.7 Å². The van der Waals surface area contributed by atoms with E-state index in [4.69, 9.17) is 11.6 Å². The van der Waals surface area contributed by atoms with Crippen molar-refractivity contribution in [1.82, 2.24) is 10.6 Å². The molecule has 1 amide bonds. The number of hydrogen-bond donors (Lipinski definition) is 3. The smallest absolute Gasteiger partial charge is 0.224 e. The van der Waals surface area contributed by atoms with Crippen LogP contribution in [-0.2, 0) is 11.3 Å². The highest BCUT2D eigenvalue weighted by molar-refractivity contribution is 14.0. The summed E-state index contributed by atoms with van der Waals surface area (Å²) in [4.78, 5) is 16.0. The fraction of sp³-hybridized carbons (Fsp3) is 0.263. The molecule has 0 saturated carbocycles. The number of nitrogens with zero attached hydrogens (tertiary/aromatic N) is 1. The zero-order valence-corrected chi connectivity index (χ0v) is 18.1. The Bertz CT molecular complexity index is 738. The molecule has 0 atom stereocenters. The number of hydrogen-bond acceptors (Lipinski definition) is 2. The molecule has 0 aromatic heterocycles. The highest BCUT2D eigenvalue weighted by Crippen LogP contribution is 2.13. The molecule has 0 aliphatic heterocycles. The maximum atomic E-state index is 12.9. The summed E-state index contributed by atoms with van der Waals surface area (Å²) in [5.74, 6) is 0.323. The van der Waals surface area contributed by atoms with Gasteiger partial charge in [-0.25, -0.2) is 4.39 Å². The Morgan fingerprint density at radius 2 is 1.74 bits per heavy atom. The molecular formula is C19H23ClFIN4O. The van der Waals surface area contributed by atoms with Gasteiger partial charge in [0.25, 0.3) is 0 Å². The third-order valence-corrected chi connectivity index (χ3v) is 3.85. The summed E-state index contributed by atoms with van der Waals surface area (Å²) in [5, 5.41) is 9.74. The Kier molecular flexibility index (Phi) is 10.7. The van der Waals surface area contributed by atoms with Gasteiger partial charge in [0.2, 0.25) is 5.91 Å². The lowest BCUT2D eigenvalue weighted by Gasteiger charge is -2.12. The van der Waals surface area contributed by atoms with E-state index in [9.17, 15) is 9.18 Å². The second-order valence-corrected chi connectivity index (χ2v) is 6.07. The molecular weight excluding hydrogens is 482 g/mol. The van der Waals surface area contributed by atoms with E-state index in [1.165, 1.54) is 12.1 Å². The van der Waals surface area contributed by atoms with Crippen LogP contribution in [0.1, 0.15) is 18.4 Å². The molecule has 0 aliphatic carbocycles. The number of rotatable bonds is 7. The van der Waals surface area contributed by atoms with E-state index in [0.29, 0.717) is 36.9 Å². The molecule has 0 bridgehead atoms. The summed E-state index contributed by atoms with van der Waals surface area (Å²) in [7, 11) is 1.67. The average molecular weight is 505 g/mol. The van der Waals surface area contributed by atoms with E-state index in [1.54, 1.807) is 43.4 Å². The summed E-state index contributed by atoms with van der Waals surface area (Å²) < 4.78 is 12.9. The van der Waals surface area contributed by atoms with E-state index >= 15 is 0 Å². The highest BCUT2D eigenvalue weighted by Gasteiger charge is 2.03. The third-order valence-electron chi connectivity index (χ3n) is 3.60. The summed E-state index contributed by atoms with van der Waals surface area (Å²) >= 11 is 5.81. The second-order valence-electron chi connectivity index (χ2n) is 5.64. The first-order valence-corrected chi connectivity index (χ1v) is 8.69. The van der Waals surface area contributed by atoms with Gasteiger partial charge in [0.15, 0.2) is 5.96 Å². The van der Waals surface area contributed by atoms with Gasteiger partial charge in [-0.15, -0.1) is 24.0 Å². The molecule has 2 rings (SSSR count). The molecule has 0 heterocycles. The maximum absolute atomic E-state index is 12.9. The number of carbonyl (C=O) groups is 1. The maximum Gasteiger partial charge on any atom is 0.224 e. The average Bonchev–Trinajstić information content (AvgIpc) is 2.64. The SMILES string of the molecule is CN=C(NCCCC(=O)Nc1ccc(Cl)cc1)NCc1ccc(F)cc1.I. The van der Waals surface area contributed by atoms with Gasteiger partial charge in [0.05, 0.1) is 0 Å². The van der Waals surface area contributed by atoms with Crippen LogP contribution in [0.2, 0.25) is 5.02 Å². The molecule has 0 fully saturated rings. The Labute approximate surface area is 180 Å². The van der Waals surface area contributed by atoms with Crippen LogP contribution >= 0.6 is 35.6 Å². The van der Waals surface area contributed by atoms with Gasteiger partial charge < -0.3 is 16.0 Å². The molecule has 5 nitrogen and oxygen atoms in total. The number of halogens is 3.